The molecule has 0 radical (unpaired) electrons. The lowest BCUT2D eigenvalue weighted by molar-refractivity contribution is -0.141. The monoisotopic (exact) mass is 267 g/mol. The topological polar surface area (TPSA) is 58.4 Å². The molecule has 0 aromatic carbocycles. The Morgan fingerprint density at radius 3 is 2.58 bits per heavy atom. The predicted octanol–water partition coefficient (Wildman–Crippen LogP) is 1.87. The molecule has 0 saturated carbocycles. The fourth-order valence-electron chi connectivity index (χ4n) is 2.19. The van der Waals surface area contributed by atoms with Crippen LogP contribution >= 0.6 is 0 Å². The van der Waals surface area contributed by atoms with Gasteiger partial charge in [0.25, 0.3) is 0 Å². The van der Waals surface area contributed by atoms with Gasteiger partial charge in [-0.3, -0.25) is 9.48 Å². The number of aryl methyl sites for hydroxylation is 1. The fourth-order valence-corrected chi connectivity index (χ4v) is 2.19. The van der Waals surface area contributed by atoms with Gasteiger partial charge in [0.05, 0.1) is 11.6 Å². The first-order chi connectivity index (χ1) is 8.61. The number of hydrogen-bond acceptors (Lipinski definition) is 3. The van der Waals surface area contributed by atoms with E-state index in [1.54, 1.807) is 6.92 Å². The standard InChI is InChI=1S/C14H25N3O2/c1-10(13(18)19)7-16(5)8-11-9-17(6)15-12(11)14(2,3)4/h9-10H,7-8H2,1-6H3,(H,18,19). The molecular weight excluding hydrogens is 242 g/mol. The second kappa shape index (κ2) is 5.74. The lowest BCUT2D eigenvalue weighted by atomic mass is 9.89. The van der Waals surface area contributed by atoms with Gasteiger partial charge >= 0.3 is 5.97 Å². The first-order valence-corrected chi connectivity index (χ1v) is 6.55. The fraction of sp³-hybridized carbons (Fsp3) is 0.714. The summed E-state index contributed by atoms with van der Waals surface area (Å²) in [6.45, 7) is 9.40. The summed E-state index contributed by atoms with van der Waals surface area (Å²) in [6.07, 6.45) is 2.02. The minimum absolute atomic E-state index is 0.00412. The summed E-state index contributed by atoms with van der Waals surface area (Å²) in [5.74, 6) is -1.12. The Kier molecular flexibility index (Phi) is 4.74. The van der Waals surface area contributed by atoms with E-state index in [-0.39, 0.29) is 11.3 Å². The number of aromatic nitrogens is 2. The molecule has 1 atom stereocenters. The molecule has 1 aromatic heterocycles. The minimum Gasteiger partial charge on any atom is -0.481 e. The zero-order chi connectivity index (χ0) is 14.8. The third-order valence-electron chi connectivity index (χ3n) is 3.06. The highest BCUT2D eigenvalue weighted by Crippen LogP contribution is 2.25. The Labute approximate surface area is 115 Å². The Balaban J connectivity index is 2.80. The third kappa shape index (κ3) is 4.35. The van der Waals surface area contributed by atoms with Crippen LogP contribution in [0.2, 0.25) is 0 Å². The molecule has 5 nitrogen and oxygen atoms in total. The number of carboxylic acids is 1. The molecule has 1 aromatic rings. The van der Waals surface area contributed by atoms with Gasteiger partial charge in [0.15, 0.2) is 0 Å². The maximum absolute atomic E-state index is 10.9. The minimum atomic E-state index is -0.755. The summed E-state index contributed by atoms with van der Waals surface area (Å²) in [6, 6.07) is 0. The molecule has 1 heterocycles. The maximum Gasteiger partial charge on any atom is 0.307 e. The van der Waals surface area contributed by atoms with Gasteiger partial charge in [-0.1, -0.05) is 27.7 Å². The summed E-state index contributed by atoms with van der Waals surface area (Å²) in [7, 11) is 3.86. The molecule has 0 fully saturated rings. The van der Waals surface area contributed by atoms with Gasteiger partial charge in [-0.15, -0.1) is 0 Å². The van der Waals surface area contributed by atoms with Crippen LogP contribution in [-0.2, 0) is 23.8 Å². The number of carboxylic acid groups (broad SMARTS) is 1. The average molecular weight is 267 g/mol. The summed E-state index contributed by atoms with van der Waals surface area (Å²) < 4.78 is 1.82. The van der Waals surface area contributed by atoms with Crippen molar-refractivity contribution in [3.63, 3.8) is 0 Å². The molecule has 0 bridgehead atoms. The number of hydrogen-bond donors (Lipinski definition) is 1. The normalized spacial score (nSPS) is 13.8. The number of aliphatic carboxylic acids is 1. The molecular formula is C14H25N3O2. The van der Waals surface area contributed by atoms with Gasteiger partial charge in [0.1, 0.15) is 0 Å². The highest BCUT2D eigenvalue weighted by molar-refractivity contribution is 5.69. The number of nitrogens with zero attached hydrogens (tertiary/aromatic N) is 3. The molecule has 0 aliphatic carbocycles. The van der Waals surface area contributed by atoms with E-state index in [1.165, 1.54) is 0 Å². The van der Waals surface area contributed by atoms with Crippen LogP contribution in [0.1, 0.15) is 39.0 Å². The lowest BCUT2D eigenvalue weighted by Gasteiger charge is -2.22. The third-order valence-corrected chi connectivity index (χ3v) is 3.06. The molecule has 0 spiro atoms. The predicted molar refractivity (Wildman–Crippen MR) is 75.0 cm³/mol. The Hall–Kier alpha value is -1.36. The van der Waals surface area contributed by atoms with Gasteiger partial charge < -0.3 is 10.0 Å². The Morgan fingerprint density at radius 2 is 2.11 bits per heavy atom. The van der Waals surface area contributed by atoms with Crippen LogP contribution in [0, 0.1) is 5.92 Å². The molecule has 1 rings (SSSR count). The van der Waals surface area contributed by atoms with E-state index in [0.717, 1.165) is 17.8 Å². The second-order valence-electron chi connectivity index (χ2n) is 6.36. The van der Waals surface area contributed by atoms with E-state index in [1.807, 2.05) is 29.9 Å². The quantitative estimate of drug-likeness (QED) is 0.885. The SMILES string of the molecule is CC(CN(C)Cc1cn(C)nc1C(C)(C)C)C(=O)O. The summed E-state index contributed by atoms with van der Waals surface area (Å²) in [5.41, 5.74) is 2.23. The summed E-state index contributed by atoms with van der Waals surface area (Å²) in [5, 5.41) is 13.5. The van der Waals surface area contributed by atoms with Crippen molar-refractivity contribution in [3.05, 3.63) is 17.5 Å². The van der Waals surface area contributed by atoms with Crippen molar-refractivity contribution in [3.8, 4) is 0 Å². The largest absolute Gasteiger partial charge is 0.481 e. The van der Waals surface area contributed by atoms with E-state index in [4.69, 9.17) is 5.11 Å². The van der Waals surface area contributed by atoms with Crippen LogP contribution in [0.3, 0.4) is 0 Å². The van der Waals surface area contributed by atoms with Crippen molar-refractivity contribution >= 4 is 5.97 Å². The van der Waals surface area contributed by atoms with E-state index in [0.29, 0.717) is 6.54 Å². The van der Waals surface area contributed by atoms with Crippen LogP contribution in [0.15, 0.2) is 6.20 Å². The molecule has 1 unspecified atom stereocenters. The molecule has 0 amide bonds. The van der Waals surface area contributed by atoms with Crippen LogP contribution in [-0.4, -0.2) is 39.3 Å². The van der Waals surface area contributed by atoms with Gasteiger partial charge in [0.2, 0.25) is 0 Å². The molecule has 108 valence electrons. The number of carbonyl (C=O) groups is 1. The van der Waals surface area contributed by atoms with Crippen LogP contribution in [0.25, 0.3) is 0 Å². The van der Waals surface area contributed by atoms with Crippen molar-refractivity contribution in [2.24, 2.45) is 13.0 Å². The molecule has 0 saturated heterocycles. The van der Waals surface area contributed by atoms with Crippen LogP contribution in [0.5, 0.6) is 0 Å². The highest BCUT2D eigenvalue weighted by Gasteiger charge is 2.23. The second-order valence-corrected chi connectivity index (χ2v) is 6.36. The zero-order valence-electron chi connectivity index (χ0n) is 12.8. The highest BCUT2D eigenvalue weighted by atomic mass is 16.4. The van der Waals surface area contributed by atoms with Gasteiger partial charge in [-0.2, -0.15) is 5.10 Å². The lowest BCUT2D eigenvalue weighted by Crippen LogP contribution is -2.29. The molecule has 5 heteroatoms. The molecule has 19 heavy (non-hydrogen) atoms. The van der Waals surface area contributed by atoms with E-state index < -0.39 is 5.97 Å². The molecule has 1 N–H and O–H groups in total. The van der Waals surface area contributed by atoms with E-state index in [9.17, 15) is 4.79 Å². The Morgan fingerprint density at radius 1 is 1.53 bits per heavy atom. The van der Waals surface area contributed by atoms with Gasteiger partial charge in [-0.05, 0) is 7.05 Å². The van der Waals surface area contributed by atoms with Crippen molar-refractivity contribution in [1.82, 2.24) is 14.7 Å². The molecule has 0 aliphatic rings. The van der Waals surface area contributed by atoms with Crippen molar-refractivity contribution in [2.75, 3.05) is 13.6 Å². The van der Waals surface area contributed by atoms with Crippen LogP contribution < -0.4 is 0 Å². The summed E-state index contributed by atoms with van der Waals surface area (Å²) >= 11 is 0. The van der Waals surface area contributed by atoms with Gasteiger partial charge in [-0.25, -0.2) is 0 Å². The zero-order valence-corrected chi connectivity index (χ0v) is 12.8. The first-order valence-electron chi connectivity index (χ1n) is 6.55. The van der Waals surface area contributed by atoms with Gasteiger partial charge in [0, 0.05) is 37.3 Å². The summed E-state index contributed by atoms with van der Waals surface area (Å²) in [4.78, 5) is 12.9. The molecule has 0 aliphatic heterocycles. The Bertz CT molecular complexity index is 446. The smallest absolute Gasteiger partial charge is 0.307 e. The van der Waals surface area contributed by atoms with Crippen molar-refractivity contribution < 1.29 is 9.90 Å². The average Bonchev–Trinajstić information content (AvgIpc) is 2.58. The van der Waals surface area contributed by atoms with Crippen molar-refractivity contribution in [2.45, 2.75) is 39.7 Å². The van der Waals surface area contributed by atoms with Crippen molar-refractivity contribution in [1.29, 1.82) is 0 Å². The number of rotatable bonds is 5. The maximum atomic E-state index is 10.9. The van der Waals surface area contributed by atoms with E-state index in [2.05, 4.69) is 25.9 Å². The first kappa shape index (κ1) is 15.7. The van der Waals surface area contributed by atoms with Crippen LogP contribution in [0.4, 0.5) is 0 Å². The van der Waals surface area contributed by atoms with E-state index >= 15 is 0 Å².